The minimum Gasteiger partial charge on any atom is -0.493 e. The van der Waals surface area contributed by atoms with Crippen molar-refractivity contribution in [3.63, 3.8) is 0 Å². The fraction of sp³-hybridized carbons (Fsp3) is 0.391. The van der Waals surface area contributed by atoms with Crippen LogP contribution < -0.4 is 4.74 Å². The summed E-state index contributed by atoms with van der Waals surface area (Å²) >= 11 is 1.60. The first kappa shape index (κ1) is 20.9. The van der Waals surface area contributed by atoms with E-state index in [2.05, 4.69) is 28.1 Å². The van der Waals surface area contributed by atoms with E-state index in [0.717, 1.165) is 47.8 Å². The van der Waals surface area contributed by atoms with Gasteiger partial charge < -0.3 is 4.74 Å². The average Bonchev–Trinajstić information content (AvgIpc) is 3.15. The zero-order valence-corrected chi connectivity index (χ0v) is 18.1. The van der Waals surface area contributed by atoms with Crippen LogP contribution in [0.5, 0.6) is 5.75 Å². The van der Waals surface area contributed by atoms with Gasteiger partial charge in [-0.05, 0) is 74.8 Å². The molecule has 0 saturated carbocycles. The van der Waals surface area contributed by atoms with Crippen molar-refractivity contribution in [1.82, 2.24) is 19.7 Å². The second-order valence-corrected chi connectivity index (χ2v) is 8.62. The van der Waals surface area contributed by atoms with E-state index < -0.39 is 0 Å². The van der Waals surface area contributed by atoms with Gasteiger partial charge in [-0.15, -0.1) is 10.2 Å². The third-order valence-corrected chi connectivity index (χ3v) is 6.06. The van der Waals surface area contributed by atoms with Crippen molar-refractivity contribution in [2.75, 3.05) is 25.4 Å². The van der Waals surface area contributed by atoms with Gasteiger partial charge >= 0.3 is 0 Å². The number of likely N-dealkylation sites (tertiary alicyclic amines) is 1. The van der Waals surface area contributed by atoms with E-state index in [1.807, 2.05) is 22.8 Å². The number of ether oxygens (including phenoxy) is 1. The molecule has 2 aromatic carbocycles. The molecule has 1 saturated heterocycles. The molecule has 0 atom stereocenters. The molecular formula is C23H27FN4OS. The number of nitrogens with zero attached hydrogens (tertiary/aromatic N) is 4. The van der Waals surface area contributed by atoms with Gasteiger partial charge in [0, 0.05) is 11.4 Å². The van der Waals surface area contributed by atoms with Gasteiger partial charge in [-0.3, -0.25) is 9.47 Å². The van der Waals surface area contributed by atoms with Crippen LogP contribution in [0.15, 0.2) is 53.7 Å². The zero-order chi connectivity index (χ0) is 20.8. The number of hydrogen-bond donors (Lipinski definition) is 0. The van der Waals surface area contributed by atoms with Crippen LogP contribution in [0.25, 0.3) is 5.69 Å². The summed E-state index contributed by atoms with van der Waals surface area (Å²) in [5.41, 5.74) is 2.06. The van der Waals surface area contributed by atoms with Crippen molar-refractivity contribution >= 4 is 11.8 Å². The minimum atomic E-state index is -0.245. The molecule has 0 bridgehead atoms. The largest absolute Gasteiger partial charge is 0.493 e. The molecule has 0 amide bonds. The van der Waals surface area contributed by atoms with E-state index >= 15 is 0 Å². The maximum absolute atomic E-state index is 13.5. The second kappa shape index (κ2) is 10.1. The molecule has 4 rings (SSSR count). The normalized spacial score (nSPS) is 14.7. The van der Waals surface area contributed by atoms with Crippen LogP contribution in [0, 0.1) is 12.7 Å². The molecule has 7 heteroatoms. The smallest absolute Gasteiger partial charge is 0.195 e. The van der Waals surface area contributed by atoms with Gasteiger partial charge in [0.15, 0.2) is 11.0 Å². The number of aromatic nitrogens is 3. The number of rotatable bonds is 8. The molecule has 0 radical (unpaired) electrons. The first-order valence-electron chi connectivity index (χ1n) is 10.4. The molecule has 1 fully saturated rings. The minimum absolute atomic E-state index is 0.245. The van der Waals surface area contributed by atoms with Gasteiger partial charge in [-0.1, -0.05) is 30.3 Å². The van der Waals surface area contributed by atoms with Gasteiger partial charge in [0.25, 0.3) is 0 Å². The molecule has 0 aliphatic carbocycles. The monoisotopic (exact) mass is 426 g/mol. The van der Waals surface area contributed by atoms with Crippen LogP contribution in [0.1, 0.15) is 30.7 Å². The van der Waals surface area contributed by atoms with E-state index in [-0.39, 0.29) is 5.82 Å². The van der Waals surface area contributed by atoms with Crippen LogP contribution in [-0.4, -0.2) is 45.1 Å². The molecule has 158 valence electrons. The Bertz CT molecular complexity index is 954. The lowest BCUT2D eigenvalue weighted by atomic mass is 10.1. The highest BCUT2D eigenvalue weighted by Gasteiger charge is 2.19. The second-order valence-electron chi connectivity index (χ2n) is 7.56. The lowest BCUT2D eigenvalue weighted by Crippen LogP contribution is -2.30. The molecule has 0 N–H and O–H groups in total. The summed E-state index contributed by atoms with van der Waals surface area (Å²) < 4.78 is 21.4. The zero-order valence-electron chi connectivity index (χ0n) is 17.3. The molecule has 0 spiro atoms. The molecule has 2 heterocycles. The average molecular weight is 427 g/mol. The summed E-state index contributed by atoms with van der Waals surface area (Å²) in [6.07, 6.45) is 3.74. The van der Waals surface area contributed by atoms with Crippen molar-refractivity contribution in [2.24, 2.45) is 0 Å². The van der Waals surface area contributed by atoms with Gasteiger partial charge in [-0.25, -0.2) is 4.39 Å². The molecular weight excluding hydrogens is 399 g/mol. The predicted molar refractivity (Wildman–Crippen MR) is 118 cm³/mol. The molecule has 1 aromatic heterocycles. The number of piperidine rings is 1. The summed E-state index contributed by atoms with van der Waals surface area (Å²) in [5, 5.41) is 9.72. The molecule has 5 nitrogen and oxygen atoms in total. The van der Waals surface area contributed by atoms with Crippen LogP contribution in [0.2, 0.25) is 0 Å². The van der Waals surface area contributed by atoms with E-state index in [4.69, 9.17) is 4.74 Å². The van der Waals surface area contributed by atoms with E-state index in [0.29, 0.717) is 6.61 Å². The van der Waals surface area contributed by atoms with Gasteiger partial charge in [0.1, 0.15) is 11.6 Å². The SMILES string of the molecule is Cc1cccc(OCCSc2nnc(CN3CCCCC3)n2-c2ccc(F)cc2)c1. The van der Waals surface area contributed by atoms with Crippen molar-refractivity contribution in [2.45, 2.75) is 37.9 Å². The fourth-order valence-electron chi connectivity index (χ4n) is 3.66. The van der Waals surface area contributed by atoms with Crippen molar-refractivity contribution in [3.05, 3.63) is 65.7 Å². The predicted octanol–water partition coefficient (Wildman–Crippen LogP) is 4.87. The molecule has 3 aromatic rings. The Balaban J connectivity index is 1.46. The highest BCUT2D eigenvalue weighted by atomic mass is 32.2. The lowest BCUT2D eigenvalue weighted by Gasteiger charge is -2.26. The third-order valence-electron chi connectivity index (χ3n) is 5.17. The van der Waals surface area contributed by atoms with Crippen molar-refractivity contribution < 1.29 is 9.13 Å². The van der Waals surface area contributed by atoms with Crippen LogP contribution in [0.4, 0.5) is 4.39 Å². The Morgan fingerprint density at radius 2 is 1.83 bits per heavy atom. The third kappa shape index (κ3) is 5.40. The maximum Gasteiger partial charge on any atom is 0.195 e. The lowest BCUT2D eigenvalue weighted by molar-refractivity contribution is 0.214. The molecule has 1 aliphatic heterocycles. The summed E-state index contributed by atoms with van der Waals surface area (Å²) in [4.78, 5) is 2.42. The van der Waals surface area contributed by atoms with Crippen molar-refractivity contribution in [1.29, 1.82) is 0 Å². The molecule has 0 unspecified atom stereocenters. The van der Waals surface area contributed by atoms with E-state index in [1.54, 1.807) is 23.9 Å². The summed E-state index contributed by atoms with van der Waals surface area (Å²) in [7, 11) is 0. The fourth-order valence-corrected chi connectivity index (χ4v) is 4.45. The number of hydrogen-bond acceptors (Lipinski definition) is 5. The Morgan fingerprint density at radius 3 is 2.60 bits per heavy atom. The Morgan fingerprint density at radius 1 is 1.03 bits per heavy atom. The number of halogens is 1. The maximum atomic E-state index is 13.5. The Hall–Kier alpha value is -2.38. The summed E-state index contributed by atoms with van der Waals surface area (Å²) in [6, 6.07) is 14.6. The van der Waals surface area contributed by atoms with Crippen LogP contribution >= 0.6 is 11.8 Å². The summed E-state index contributed by atoms with van der Waals surface area (Å²) in [6.45, 7) is 5.55. The van der Waals surface area contributed by atoms with Gasteiger partial charge in [0.2, 0.25) is 0 Å². The van der Waals surface area contributed by atoms with Crippen molar-refractivity contribution in [3.8, 4) is 11.4 Å². The first-order valence-corrected chi connectivity index (χ1v) is 11.4. The Labute approximate surface area is 181 Å². The summed E-state index contributed by atoms with van der Waals surface area (Å²) in [5.74, 6) is 2.27. The number of thioether (sulfide) groups is 1. The van der Waals surface area contributed by atoms with Crippen LogP contribution in [0.3, 0.4) is 0 Å². The van der Waals surface area contributed by atoms with Gasteiger partial charge in [-0.2, -0.15) is 0 Å². The molecule has 1 aliphatic rings. The first-order chi connectivity index (χ1) is 14.7. The number of aryl methyl sites for hydroxylation is 1. The van der Waals surface area contributed by atoms with Gasteiger partial charge in [0.05, 0.1) is 13.2 Å². The standard InChI is InChI=1S/C23H27FN4OS/c1-18-6-5-7-21(16-18)29-14-15-30-23-26-25-22(17-27-12-3-2-4-13-27)28(23)20-10-8-19(24)9-11-20/h5-11,16H,2-4,12-15,17H2,1H3. The van der Waals surface area contributed by atoms with Crippen LogP contribution in [-0.2, 0) is 6.54 Å². The topological polar surface area (TPSA) is 43.2 Å². The molecule has 30 heavy (non-hydrogen) atoms. The highest BCUT2D eigenvalue weighted by Crippen LogP contribution is 2.24. The Kier molecular flexibility index (Phi) is 7.02. The van der Waals surface area contributed by atoms with E-state index in [9.17, 15) is 4.39 Å². The number of benzene rings is 2. The quantitative estimate of drug-likeness (QED) is 0.380. The van der Waals surface area contributed by atoms with E-state index in [1.165, 1.54) is 37.0 Å². The highest BCUT2D eigenvalue weighted by molar-refractivity contribution is 7.99.